The minimum absolute atomic E-state index is 0.0435. The molecule has 5 nitrogen and oxygen atoms in total. The van der Waals surface area contributed by atoms with Gasteiger partial charge in [0.2, 0.25) is 0 Å². The monoisotopic (exact) mass is 752 g/mol. The summed E-state index contributed by atoms with van der Waals surface area (Å²) in [6.07, 6.45) is 0. The number of benzene rings is 7. The van der Waals surface area contributed by atoms with Gasteiger partial charge in [-0.1, -0.05) is 120 Å². The first-order chi connectivity index (χ1) is 28.0. The molecule has 0 N–H and O–H groups in total. The maximum atomic E-state index is 6.78. The third-order valence-corrected chi connectivity index (χ3v) is 12.5. The summed E-state index contributed by atoms with van der Waals surface area (Å²) in [5.74, 6) is 2.82. The number of rotatable bonds is 2. The molecule has 2 aromatic heterocycles. The van der Waals surface area contributed by atoms with Crippen LogP contribution in [-0.2, 0) is 10.8 Å². The molecule has 9 aromatic rings. The van der Waals surface area contributed by atoms with Crippen LogP contribution in [0.15, 0.2) is 144 Å². The van der Waals surface area contributed by atoms with Crippen LogP contribution in [0.3, 0.4) is 0 Å². The maximum Gasteiger partial charge on any atom is 0.333 e. The van der Waals surface area contributed by atoms with Crippen LogP contribution in [0, 0.1) is 0 Å². The first-order valence-electron chi connectivity index (χ1n) is 20.3. The lowest BCUT2D eigenvalue weighted by Gasteiger charge is -2.42. The normalized spacial score (nSPS) is 13.9. The van der Waals surface area contributed by atoms with Crippen LogP contribution < -0.4 is 25.3 Å². The van der Waals surface area contributed by atoms with E-state index in [1.807, 2.05) is 24.3 Å². The molecule has 58 heavy (non-hydrogen) atoms. The van der Waals surface area contributed by atoms with Gasteiger partial charge in [0.15, 0.2) is 28.6 Å². The van der Waals surface area contributed by atoms with E-state index < -0.39 is 0 Å². The summed E-state index contributed by atoms with van der Waals surface area (Å²) in [5, 5.41) is 2.23. The van der Waals surface area contributed by atoms with Crippen LogP contribution in [0.25, 0.3) is 55.2 Å². The molecule has 5 heterocycles. The molecule has 0 saturated heterocycles. The fourth-order valence-corrected chi connectivity index (χ4v) is 9.65. The Hall–Kier alpha value is -6.66. The van der Waals surface area contributed by atoms with Gasteiger partial charge >= 0.3 is 6.85 Å². The first-order valence-corrected chi connectivity index (χ1v) is 20.3. The van der Waals surface area contributed by atoms with E-state index in [9.17, 15) is 0 Å². The molecule has 0 bridgehead atoms. The molecule has 12 rings (SSSR count). The highest BCUT2D eigenvalue weighted by Gasteiger charge is 2.45. The van der Waals surface area contributed by atoms with Crippen molar-refractivity contribution in [1.82, 2.24) is 4.48 Å². The highest BCUT2D eigenvalue weighted by Crippen LogP contribution is 2.53. The topological polar surface area (TPSA) is 39.8 Å². The quantitative estimate of drug-likeness (QED) is 0.165. The second-order valence-electron chi connectivity index (χ2n) is 18.1. The van der Waals surface area contributed by atoms with E-state index in [-0.39, 0.29) is 17.7 Å². The average Bonchev–Trinajstić information content (AvgIpc) is 3.76. The van der Waals surface area contributed by atoms with E-state index in [1.54, 1.807) is 0 Å². The Morgan fingerprint density at radius 1 is 0.483 bits per heavy atom. The SMILES string of the molecule is CC(C)(C)c1ccc(N2c3cc4c(cc3B3c5c(cc(C(C)(C)C)cc52)-c2cccc5c6oc7ccccc7c6n3c25)Oc2ccccc2O4)c(-c2ccccc2)c1. The summed E-state index contributed by atoms with van der Waals surface area (Å²) < 4.78 is 22.8. The predicted molar refractivity (Wildman–Crippen MR) is 239 cm³/mol. The largest absolute Gasteiger partial charge is 0.454 e. The van der Waals surface area contributed by atoms with Gasteiger partial charge < -0.3 is 23.3 Å². The van der Waals surface area contributed by atoms with E-state index >= 15 is 0 Å². The number of hydrogen-bond acceptors (Lipinski definition) is 4. The third-order valence-electron chi connectivity index (χ3n) is 12.5. The molecule has 0 unspecified atom stereocenters. The van der Waals surface area contributed by atoms with Gasteiger partial charge in [0.1, 0.15) is 5.58 Å². The van der Waals surface area contributed by atoms with Gasteiger partial charge in [0, 0.05) is 44.9 Å². The van der Waals surface area contributed by atoms with Crippen LogP contribution in [0.1, 0.15) is 52.7 Å². The number of ether oxygens (including phenoxy) is 2. The van der Waals surface area contributed by atoms with Crippen molar-refractivity contribution in [1.29, 1.82) is 0 Å². The lowest BCUT2D eigenvalue weighted by Crippen LogP contribution is -2.57. The zero-order valence-corrected chi connectivity index (χ0v) is 33.5. The van der Waals surface area contributed by atoms with Gasteiger partial charge in [-0.25, -0.2) is 0 Å². The highest BCUT2D eigenvalue weighted by molar-refractivity contribution is 6.90. The number of anilines is 3. The summed E-state index contributed by atoms with van der Waals surface area (Å²) in [6.45, 7) is 13.6. The molecule has 0 saturated carbocycles. The summed E-state index contributed by atoms with van der Waals surface area (Å²) in [7, 11) is 0. The second kappa shape index (κ2) is 11.5. The Balaban J connectivity index is 1.25. The molecule has 3 aliphatic heterocycles. The van der Waals surface area contributed by atoms with Crippen LogP contribution in [0.4, 0.5) is 17.1 Å². The second-order valence-corrected chi connectivity index (χ2v) is 18.1. The lowest BCUT2D eigenvalue weighted by molar-refractivity contribution is 0.360. The summed E-state index contributed by atoms with van der Waals surface area (Å²) in [4.78, 5) is 2.51. The van der Waals surface area contributed by atoms with Gasteiger partial charge in [0.05, 0.1) is 11.2 Å². The smallest absolute Gasteiger partial charge is 0.333 e. The van der Waals surface area contributed by atoms with Crippen molar-refractivity contribution in [2.75, 3.05) is 4.90 Å². The lowest BCUT2D eigenvalue weighted by atomic mass is 9.44. The van der Waals surface area contributed by atoms with Crippen LogP contribution in [0.2, 0.25) is 0 Å². The Morgan fingerprint density at radius 3 is 1.91 bits per heavy atom. The molecule has 0 amide bonds. The van der Waals surface area contributed by atoms with Crippen molar-refractivity contribution < 1.29 is 13.9 Å². The molecular weight excluding hydrogens is 711 g/mol. The van der Waals surface area contributed by atoms with E-state index in [0.29, 0.717) is 23.0 Å². The van der Waals surface area contributed by atoms with Crippen LogP contribution in [0.5, 0.6) is 23.0 Å². The summed E-state index contributed by atoms with van der Waals surface area (Å²) >= 11 is 0. The molecule has 280 valence electrons. The fraction of sp³-hybridized carbons (Fsp3) is 0.154. The zero-order chi connectivity index (χ0) is 39.2. The van der Waals surface area contributed by atoms with Crippen molar-refractivity contribution in [3.8, 4) is 45.3 Å². The van der Waals surface area contributed by atoms with Crippen LogP contribution in [-0.4, -0.2) is 11.3 Å². The molecular formula is C52H41BN2O3. The number of hydrogen-bond donors (Lipinski definition) is 0. The minimum Gasteiger partial charge on any atom is -0.454 e. The standard InChI is InChI=1S/C52H41BN2O3/c1-51(2,3)31-23-24-39(36(25-31)30-15-8-7-9-16-30)54-40-29-46-45(56-43-21-12-13-22-44(43)57-46)28-38(40)53-47-37(26-32(27-41(47)54)52(4,5)6)33-18-14-19-35-48(33)55(53)49-34-17-10-11-20-42(34)58-50(35)49/h7-29H,1-6H3. The number of fused-ring (bicyclic) bond motifs is 11. The number of aromatic nitrogens is 1. The van der Waals surface area contributed by atoms with Gasteiger partial charge in [-0.05, 0) is 98.6 Å². The molecule has 0 aliphatic carbocycles. The third kappa shape index (κ3) is 4.60. The molecule has 6 heteroatoms. The van der Waals surface area contributed by atoms with Gasteiger partial charge in [-0.3, -0.25) is 0 Å². The minimum atomic E-state index is -0.193. The van der Waals surface area contributed by atoms with Crippen molar-refractivity contribution in [2.24, 2.45) is 0 Å². The summed E-state index contributed by atoms with van der Waals surface area (Å²) in [6, 6.07) is 50.3. The molecule has 7 aromatic carbocycles. The predicted octanol–water partition coefficient (Wildman–Crippen LogP) is 13.1. The Bertz CT molecular complexity index is 3210. The first kappa shape index (κ1) is 33.5. The Labute approximate surface area is 338 Å². The number of nitrogens with zero attached hydrogens (tertiary/aromatic N) is 2. The van der Waals surface area contributed by atoms with E-state index in [1.165, 1.54) is 44.4 Å². The molecule has 3 aliphatic rings. The molecule has 0 radical (unpaired) electrons. The van der Waals surface area contributed by atoms with Crippen molar-refractivity contribution >= 4 is 67.8 Å². The van der Waals surface area contributed by atoms with E-state index in [2.05, 4.69) is 166 Å². The van der Waals surface area contributed by atoms with Gasteiger partial charge in [0.25, 0.3) is 0 Å². The molecule has 0 atom stereocenters. The van der Waals surface area contributed by atoms with Crippen molar-refractivity contribution in [3.63, 3.8) is 0 Å². The Morgan fingerprint density at radius 2 is 1.16 bits per heavy atom. The van der Waals surface area contributed by atoms with E-state index in [0.717, 1.165) is 50.0 Å². The van der Waals surface area contributed by atoms with Crippen LogP contribution >= 0.6 is 0 Å². The number of para-hydroxylation sites is 4. The zero-order valence-electron chi connectivity index (χ0n) is 33.5. The maximum absolute atomic E-state index is 6.78. The fourth-order valence-electron chi connectivity index (χ4n) is 9.65. The average molecular weight is 753 g/mol. The van der Waals surface area contributed by atoms with Crippen molar-refractivity contribution in [3.05, 3.63) is 151 Å². The van der Waals surface area contributed by atoms with E-state index in [4.69, 9.17) is 13.9 Å². The van der Waals surface area contributed by atoms with Crippen molar-refractivity contribution in [2.45, 2.75) is 52.4 Å². The molecule has 0 fully saturated rings. The van der Waals surface area contributed by atoms with Gasteiger partial charge in [-0.2, -0.15) is 0 Å². The summed E-state index contributed by atoms with van der Waals surface area (Å²) in [5.41, 5.74) is 17.0. The molecule has 0 spiro atoms. The highest BCUT2D eigenvalue weighted by atomic mass is 16.6. The number of furan rings is 1. The van der Waals surface area contributed by atoms with Gasteiger partial charge in [-0.15, -0.1) is 0 Å². The Kier molecular flexibility index (Phi) is 6.63.